The molecule has 0 saturated carbocycles. The zero-order chi connectivity index (χ0) is 14.7. The van der Waals surface area contributed by atoms with Crippen LogP contribution < -0.4 is 5.73 Å². The Bertz CT molecular complexity index is 627. The maximum absolute atomic E-state index is 12.6. The van der Waals surface area contributed by atoms with E-state index in [1.807, 2.05) is 41.3 Å². The van der Waals surface area contributed by atoms with Gasteiger partial charge in [-0.25, -0.2) is 0 Å². The minimum absolute atomic E-state index is 0.146. The van der Waals surface area contributed by atoms with Crippen LogP contribution in [0.5, 0.6) is 0 Å². The van der Waals surface area contributed by atoms with Crippen LogP contribution in [0.3, 0.4) is 0 Å². The second-order valence-corrected chi connectivity index (χ2v) is 5.40. The zero-order valence-electron chi connectivity index (χ0n) is 11.9. The SMILES string of the molecule is Nc1ccccc1CC(=O)N1CCCC1c1ccncc1. The Kier molecular flexibility index (Phi) is 3.86. The second-order valence-electron chi connectivity index (χ2n) is 5.40. The summed E-state index contributed by atoms with van der Waals surface area (Å²) in [6.45, 7) is 0.818. The van der Waals surface area contributed by atoms with E-state index in [0.717, 1.165) is 30.5 Å². The molecule has 21 heavy (non-hydrogen) atoms. The highest BCUT2D eigenvalue weighted by molar-refractivity contribution is 5.81. The molecule has 0 aliphatic carbocycles. The first kappa shape index (κ1) is 13.6. The molecular formula is C17H19N3O. The number of pyridine rings is 1. The Morgan fingerprint density at radius 1 is 1.24 bits per heavy atom. The Labute approximate surface area is 124 Å². The summed E-state index contributed by atoms with van der Waals surface area (Å²) in [5.74, 6) is 0.146. The maximum atomic E-state index is 12.6. The van der Waals surface area contributed by atoms with Crippen LogP contribution in [0.15, 0.2) is 48.8 Å². The number of hydrogen-bond donors (Lipinski definition) is 1. The summed E-state index contributed by atoms with van der Waals surface area (Å²) in [4.78, 5) is 18.6. The third-order valence-electron chi connectivity index (χ3n) is 4.06. The molecule has 1 atom stereocenters. The van der Waals surface area contributed by atoms with Gasteiger partial charge in [0, 0.05) is 24.6 Å². The van der Waals surface area contributed by atoms with E-state index < -0.39 is 0 Å². The number of aromatic nitrogens is 1. The molecular weight excluding hydrogens is 262 g/mol. The predicted molar refractivity (Wildman–Crippen MR) is 82.5 cm³/mol. The summed E-state index contributed by atoms with van der Waals surface area (Å²) in [5.41, 5.74) is 8.69. The van der Waals surface area contributed by atoms with E-state index in [-0.39, 0.29) is 11.9 Å². The molecule has 108 valence electrons. The molecule has 3 rings (SSSR count). The first-order valence-corrected chi connectivity index (χ1v) is 7.28. The molecule has 0 bridgehead atoms. The Morgan fingerprint density at radius 3 is 2.76 bits per heavy atom. The summed E-state index contributed by atoms with van der Waals surface area (Å²) in [6, 6.07) is 11.7. The van der Waals surface area contributed by atoms with Gasteiger partial charge in [0.1, 0.15) is 0 Å². The van der Waals surface area contributed by atoms with Gasteiger partial charge in [-0.2, -0.15) is 0 Å². The van der Waals surface area contributed by atoms with Gasteiger partial charge in [-0.05, 0) is 42.2 Å². The molecule has 2 aromatic rings. The smallest absolute Gasteiger partial charge is 0.227 e. The van der Waals surface area contributed by atoms with E-state index in [4.69, 9.17) is 5.73 Å². The lowest BCUT2D eigenvalue weighted by molar-refractivity contribution is -0.131. The largest absolute Gasteiger partial charge is 0.398 e. The number of carbonyl (C=O) groups is 1. The van der Waals surface area contributed by atoms with Crippen LogP contribution in [-0.2, 0) is 11.2 Å². The Balaban J connectivity index is 1.76. The van der Waals surface area contributed by atoms with Gasteiger partial charge in [-0.3, -0.25) is 9.78 Å². The van der Waals surface area contributed by atoms with Crippen molar-refractivity contribution < 1.29 is 4.79 Å². The van der Waals surface area contributed by atoms with Gasteiger partial charge >= 0.3 is 0 Å². The monoisotopic (exact) mass is 281 g/mol. The third-order valence-corrected chi connectivity index (χ3v) is 4.06. The minimum atomic E-state index is 0.146. The Morgan fingerprint density at radius 2 is 2.00 bits per heavy atom. The number of hydrogen-bond acceptors (Lipinski definition) is 3. The van der Waals surface area contributed by atoms with Crippen molar-refractivity contribution in [3.63, 3.8) is 0 Å². The topological polar surface area (TPSA) is 59.2 Å². The summed E-state index contributed by atoms with van der Waals surface area (Å²) in [6.07, 6.45) is 5.99. The van der Waals surface area contributed by atoms with Crippen LogP contribution in [0.2, 0.25) is 0 Å². The highest BCUT2D eigenvalue weighted by Crippen LogP contribution is 2.32. The van der Waals surface area contributed by atoms with Crippen molar-refractivity contribution in [1.29, 1.82) is 0 Å². The molecule has 1 fully saturated rings. The number of nitrogen functional groups attached to an aromatic ring is 1. The normalized spacial score (nSPS) is 17.9. The van der Waals surface area contributed by atoms with E-state index in [1.165, 1.54) is 0 Å². The number of para-hydroxylation sites is 1. The molecule has 0 radical (unpaired) electrons. The fraction of sp³-hybridized carbons (Fsp3) is 0.294. The standard InChI is InChI=1S/C17H19N3O/c18-15-5-2-1-4-14(15)12-17(21)20-11-3-6-16(20)13-7-9-19-10-8-13/h1-2,4-5,7-10,16H,3,6,11-12,18H2. The predicted octanol–water partition coefficient (Wildman–Crippen LogP) is 2.57. The fourth-order valence-corrected chi connectivity index (χ4v) is 2.96. The van der Waals surface area contributed by atoms with Crippen LogP contribution in [0.25, 0.3) is 0 Å². The lowest BCUT2D eigenvalue weighted by atomic mass is 10.0. The van der Waals surface area contributed by atoms with Crippen molar-refractivity contribution in [3.05, 3.63) is 59.9 Å². The van der Waals surface area contributed by atoms with Crippen molar-refractivity contribution >= 4 is 11.6 Å². The van der Waals surface area contributed by atoms with E-state index in [0.29, 0.717) is 12.1 Å². The average molecular weight is 281 g/mol. The van der Waals surface area contributed by atoms with Crippen molar-refractivity contribution in [2.45, 2.75) is 25.3 Å². The molecule has 4 heteroatoms. The van der Waals surface area contributed by atoms with Gasteiger partial charge in [0.05, 0.1) is 12.5 Å². The van der Waals surface area contributed by atoms with Crippen molar-refractivity contribution in [1.82, 2.24) is 9.88 Å². The molecule has 1 aliphatic heterocycles. The number of nitrogens with two attached hydrogens (primary N) is 1. The number of benzene rings is 1. The van der Waals surface area contributed by atoms with Gasteiger partial charge in [0.25, 0.3) is 0 Å². The average Bonchev–Trinajstić information content (AvgIpc) is 3.00. The summed E-state index contributed by atoms with van der Waals surface area (Å²) in [7, 11) is 0. The van der Waals surface area contributed by atoms with E-state index in [9.17, 15) is 4.79 Å². The van der Waals surface area contributed by atoms with Crippen LogP contribution >= 0.6 is 0 Å². The molecule has 4 nitrogen and oxygen atoms in total. The molecule has 1 unspecified atom stereocenters. The van der Waals surface area contributed by atoms with Crippen molar-refractivity contribution in [2.24, 2.45) is 0 Å². The molecule has 1 amide bonds. The summed E-state index contributed by atoms with van der Waals surface area (Å²) < 4.78 is 0. The lowest BCUT2D eigenvalue weighted by Gasteiger charge is -2.25. The fourth-order valence-electron chi connectivity index (χ4n) is 2.96. The maximum Gasteiger partial charge on any atom is 0.227 e. The number of rotatable bonds is 3. The van der Waals surface area contributed by atoms with Gasteiger partial charge in [-0.15, -0.1) is 0 Å². The van der Waals surface area contributed by atoms with E-state index in [1.54, 1.807) is 12.4 Å². The van der Waals surface area contributed by atoms with Crippen LogP contribution in [-0.4, -0.2) is 22.3 Å². The number of amides is 1. The highest BCUT2D eigenvalue weighted by Gasteiger charge is 2.29. The van der Waals surface area contributed by atoms with Gasteiger partial charge in [0.15, 0.2) is 0 Å². The molecule has 0 spiro atoms. The third kappa shape index (κ3) is 2.89. The molecule has 1 aromatic carbocycles. The second kappa shape index (κ2) is 5.95. The van der Waals surface area contributed by atoms with Gasteiger partial charge in [0.2, 0.25) is 5.91 Å². The number of likely N-dealkylation sites (tertiary alicyclic amines) is 1. The van der Waals surface area contributed by atoms with Crippen LogP contribution in [0, 0.1) is 0 Å². The first-order chi connectivity index (χ1) is 10.3. The quantitative estimate of drug-likeness (QED) is 0.880. The number of nitrogens with zero attached hydrogens (tertiary/aromatic N) is 2. The number of anilines is 1. The molecule has 1 aromatic heterocycles. The molecule has 2 N–H and O–H groups in total. The first-order valence-electron chi connectivity index (χ1n) is 7.28. The zero-order valence-corrected chi connectivity index (χ0v) is 11.9. The molecule has 1 aliphatic rings. The van der Waals surface area contributed by atoms with Gasteiger partial charge < -0.3 is 10.6 Å². The van der Waals surface area contributed by atoms with Crippen molar-refractivity contribution in [2.75, 3.05) is 12.3 Å². The Hall–Kier alpha value is -2.36. The van der Waals surface area contributed by atoms with Crippen LogP contribution in [0.4, 0.5) is 5.69 Å². The summed E-state index contributed by atoms with van der Waals surface area (Å²) >= 11 is 0. The summed E-state index contributed by atoms with van der Waals surface area (Å²) in [5, 5.41) is 0. The highest BCUT2D eigenvalue weighted by atomic mass is 16.2. The minimum Gasteiger partial charge on any atom is -0.398 e. The lowest BCUT2D eigenvalue weighted by Crippen LogP contribution is -2.32. The van der Waals surface area contributed by atoms with E-state index >= 15 is 0 Å². The molecule has 1 saturated heterocycles. The van der Waals surface area contributed by atoms with Crippen LogP contribution in [0.1, 0.15) is 30.0 Å². The molecule has 2 heterocycles. The van der Waals surface area contributed by atoms with Gasteiger partial charge in [-0.1, -0.05) is 18.2 Å². The van der Waals surface area contributed by atoms with Crippen molar-refractivity contribution in [3.8, 4) is 0 Å². The number of carbonyl (C=O) groups excluding carboxylic acids is 1. The van der Waals surface area contributed by atoms with E-state index in [2.05, 4.69) is 4.98 Å².